The molecule has 1 heterocycles. The minimum absolute atomic E-state index is 0.215. The number of anilines is 1. The molecule has 0 saturated carbocycles. The van der Waals surface area contributed by atoms with E-state index < -0.39 is 17.5 Å². The van der Waals surface area contributed by atoms with E-state index in [1.165, 1.54) is 0 Å². The summed E-state index contributed by atoms with van der Waals surface area (Å²) in [6, 6.07) is 2.85. The van der Waals surface area contributed by atoms with Crippen LogP contribution in [0.5, 0.6) is 0 Å². The van der Waals surface area contributed by atoms with Gasteiger partial charge in [0.25, 0.3) is 5.91 Å². The van der Waals surface area contributed by atoms with Crippen LogP contribution >= 0.6 is 0 Å². The fraction of sp³-hybridized carbons (Fsp3) is 0.231. The van der Waals surface area contributed by atoms with Crippen molar-refractivity contribution in [3.05, 3.63) is 46.9 Å². The highest BCUT2D eigenvalue weighted by Crippen LogP contribution is 2.19. The van der Waals surface area contributed by atoms with E-state index in [1.54, 1.807) is 6.92 Å². The highest BCUT2D eigenvalue weighted by Gasteiger charge is 2.20. The Bertz CT molecular complexity index is 623. The van der Waals surface area contributed by atoms with Crippen molar-refractivity contribution in [2.24, 2.45) is 0 Å². The van der Waals surface area contributed by atoms with Gasteiger partial charge in [0.2, 0.25) is 0 Å². The third kappa shape index (κ3) is 2.62. The molecule has 0 fully saturated rings. The summed E-state index contributed by atoms with van der Waals surface area (Å²) in [6.45, 7) is 3.40. The molecule has 1 aromatic carbocycles. The molecule has 19 heavy (non-hydrogen) atoms. The molecule has 0 spiro atoms. The highest BCUT2D eigenvalue weighted by atomic mass is 19.1. The van der Waals surface area contributed by atoms with Crippen LogP contribution in [-0.4, -0.2) is 11.1 Å². The van der Waals surface area contributed by atoms with Gasteiger partial charge in [0, 0.05) is 6.07 Å². The molecular weight excluding hydrogens is 254 g/mol. The Labute approximate surface area is 108 Å². The van der Waals surface area contributed by atoms with Crippen LogP contribution in [0.4, 0.5) is 14.5 Å². The summed E-state index contributed by atoms with van der Waals surface area (Å²) < 4.78 is 31.4. The lowest BCUT2D eigenvalue weighted by Gasteiger charge is -2.06. The van der Waals surface area contributed by atoms with Crippen molar-refractivity contribution in [1.82, 2.24) is 5.16 Å². The van der Waals surface area contributed by atoms with E-state index in [-0.39, 0.29) is 11.3 Å². The van der Waals surface area contributed by atoms with Gasteiger partial charge >= 0.3 is 0 Å². The Balaban J connectivity index is 2.30. The van der Waals surface area contributed by atoms with Crippen LogP contribution in [0.15, 0.2) is 22.7 Å². The molecule has 4 nitrogen and oxygen atoms in total. The molecule has 1 aromatic heterocycles. The maximum Gasteiger partial charge on any atom is 0.261 e. The van der Waals surface area contributed by atoms with Crippen LogP contribution in [0.3, 0.4) is 0 Å². The van der Waals surface area contributed by atoms with Gasteiger partial charge in [0.1, 0.15) is 23.0 Å². The van der Waals surface area contributed by atoms with Crippen molar-refractivity contribution in [2.45, 2.75) is 20.3 Å². The number of nitrogens with zero attached hydrogens (tertiary/aromatic N) is 1. The van der Waals surface area contributed by atoms with Gasteiger partial charge in [-0.05, 0) is 25.5 Å². The predicted molar refractivity (Wildman–Crippen MR) is 64.9 cm³/mol. The molecule has 100 valence electrons. The number of aromatic nitrogens is 1. The Morgan fingerprint density at radius 2 is 2.16 bits per heavy atom. The van der Waals surface area contributed by atoms with Crippen LogP contribution in [-0.2, 0) is 6.42 Å². The van der Waals surface area contributed by atoms with Crippen LogP contribution < -0.4 is 5.32 Å². The number of rotatable bonds is 3. The Hall–Kier alpha value is -2.24. The smallest absolute Gasteiger partial charge is 0.261 e. The molecule has 0 saturated heterocycles. The summed E-state index contributed by atoms with van der Waals surface area (Å²) >= 11 is 0. The summed E-state index contributed by atoms with van der Waals surface area (Å²) in [5.74, 6) is -1.57. The van der Waals surface area contributed by atoms with E-state index in [2.05, 4.69) is 10.5 Å². The topological polar surface area (TPSA) is 55.1 Å². The number of aryl methyl sites for hydroxylation is 2. The van der Waals surface area contributed by atoms with Crippen LogP contribution in [0.25, 0.3) is 0 Å². The minimum atomic E-state index is -0.707. The summed E-state index contributed by atoms with van der Waals surface area (Å²) in [4.78, 5) is 12.0. The first-order valence-corrected chi connectivity index (χ1v) is 5.74. The standard InChI is InChI=1S/C13H12F2N2O2/c1-3-10-12(7(2)19-17-10)13(18)16-11-6-8(14)4-5-9(11)15/h4-6H,3H2,1-2H3,(H,16,18). The Morgan fingerprint density at radius 1 is 1.42 bits per heavy atom. The van der Waals surface area contributed by atoms with Crippen molar-refractivity contribution in [3.63, 3.8) is 0 Å². The second-order valence-electron chi connectivity index (χ2n) is 3.99. The molecule has 1 N–H and O–H groups in total. The van der Waals surface area contributed by atoms with Gasteiger partial charge in [-0.15, -0.1) is 0 Å². The first kappa shape index (κ1) is 13.2. The first-order valence-electron chi connectivity index (χ1n) is 5.74. The largest absolute Gasteiger partial charge is 0.361 e. The van der Waals surface area contributed by atoms with E-state index in [0.29, 0.717) is 17.9 Å². The Kier molecular flexibility index (Phi) is 3.59. The van der Waals surface area contributed by atoms with E-state index in [0.717, 1.165) is 18.2 Å². The monoisotopic (exact) mass is 266 g/mol. The maximum absolute atomic E-state index is 13.4. The molecule has 0 aliphatic rings. The van der Waals surface area contributed by atoms with Gasteiger partial charge in [-0.25, -0.2) is 8.78 Å². The van der Waals surface area contributed by atoms with Gasteiger partial charge < -0.3 is 9.84 Å². The van der Waals surface area contributed by atoms with E-state index >= 15 is 0 Å². The second kappa shape index (κ2) is 5.17. The van der Waals surface area contributed by atoms with Crippen LogP contribution in [0.2, 0.25) is 0 Å². The lowest BCUT2D eigenvalue weighted by atomic mass is 10.1. The van der Waals surface area contributed by atoms with Crippen molar-refractivity contribution in [3.8, 4) is 0 Å². The van der Waals surface area contributed by atoms with Gasteiger partial charge in [0.15, 0.2) is 0 Å². The zero-order valence-electron chi connectivity index (χ0n) is 10.5. The minimum Gasteiger partial charge on any atom is -0.361 e. The molecule has 0 unspecified atom stereocenters. The van der Waals surface area contributed by atoms with Gasteiger partial charge in [-0.1, -0.05) is 12.1 Å². The van der Waals surface area contributed by atoms with Crippen molar-refractivity contribution in [2.75, 3.05) is 5.32 Å². The quantitative estimate of drug-likeness (QED) is 0.928. The second-order valence-corrected chi connectivity index (χ2v) is 3.99. The number of amides is 1. The van der Waals surface area contributed by atoms with Crippen molar-refractivity contribution < 1.29 is 18.1 Å². The van der Waals surface area contributed by atoms with Gasteiger partial charge in [-0.3, -0.25) is 4.79 Å². The number of hydrogen-bond donors (Lipinski definition) is 1. The van der Waals surface area contributed by atoms with Crippen molar-refractivity contribution in [1.29, 1.82) is 0 Å². The number of carbonyl (C=O) groups is 1. The first-order chi connectivity index (χ1) is 9.02. The maximum atomic E-state index is 13.4. The fourth-order valence-corrected chi connectivity index (χ4v) is 1.73. The number of carbonyl (C=O) groups excluding carboxylic acids is 1. The van der Waals surface area contributed by atoms with E-state index in [9.17, 15) is 13.6 Å². The average Bonchev–Trinajstić information content (AvgIpc) is 2.75. The highest BCUT2D eigenvalue weighted by molar-refractivity contribution is 6.05. The number of benzene rings is 1. The fourth-order valence-electron chi connectivity index (χ4n) is 1.73. The summed E-state index contributed by atoms with van der Waals surface area (Å²) in [5.41, 5.74) is 0.519. The molecule has 0 aliphatic heterocycles. The lowest BCUT2D eigenvalue weighted by molar-refractivity contribution is 0.102. The lowest BCUT2D eigenvalue weighted by Crippen LogP contribution is -2.15. The summed E-state index contributed by atoms with van der Waals surface area (Å²) in [7, 11) is 0. The Morgan fingerprint density at radius 3 is 2.84 bits per heavy atom. The van der Waals surface area contributed by atoms with E-state index in [1.807, 2.05) is 6.92 Å². The number of nitrogens with one attached hydrogen (secondary N) is 1. The predicted octanol–water partition coefficient (Wildman–Crippen LogP) is 3.08. The molecule has 0 aliphatic carbocycles. The summed E-state index contributed by atoms with van der Waals surface area (Å²) in [5, 5.41) is 6.05. The molecule has 0 bridgehead atoms. The number of hydrogen-bond acceptors (Lipinski definition) is 3. The molecule has 6 heteroatoms. The van der Waals surface area contributed by atoms with Crippen molar-refractivity contribution >= 4 is 11.6 Å². The van der Waals surface area contributed by atoms with E-state index in [4.69, 9.17) is 4.52 Å². The molecular formula is C13H12F2N2O2. The van der Waals surface area contributed by atoms with Crippen LogP contribution in [0, 0.1) is 18.6 Å². The normalized spacial score (nSPS) is 10.5. The average molecular weight is 266 g/mol. The zero-order chi connectivity index (χ0) is 14.0. The molecule has 2 aromatic rings. The molecule has 0 atom stereocenters. The third-order valence-corrected chi connectivity index (χ3v) is 2.67. The molecule has 2 rings (SSSR count). The molecule has 0 radical (unpaired) electrons. The SMILES string of the molecule is CCc1noc(C)c1C(=O)Nc1cc(F)ccc1F. The zero-order valence-corrected chi connectivity index (χ0v) is 10.5. The summed E-state index contributed by atoms with van der Waals surface area (Å²) in [6.07, 6.45) is 0.506. The molecule has 1 amide bonds. The number of halogens is 2. The van der Waals surface area contributed by atoms with Gasteiger partial charge in [0.05, 0.1) is 11.4 Å². The van der Waals surface area contributed by atoms with Gasteiger partial charge in [-0.2, -0.15) is 0 Å². The van der Waals surface area contributed by atoms with Crippen LogP contribution in [0.1, 0.15) is 28.7 Å². The third-order valence-electron chi connectivity index (χ3n) is 2.67.